The predicted molar refractivity (Wildman–Crippen MR) is 112 cm³/mol. The van der Waals surface area contributed by atoms with Crippen LogP contribution in [0.25, 0.3) is 0 Å². The Morgan fingerprint density at radius 2 is 1.68 bits per heavy atom. The van der Waals surface area contributed by atoms with Crippen molar-refractivity contribution in [1.82, 2.24) is 15.5 Å². The van der Waals surface area contributed by atoms with Crippen molar-refractivity contribution in [2.75, 3.05) is 13.1 Å². The zero-order valence-corrected chi connectivity index (χ0v) is 18.5. The predicted octanol–water partition coefficient (Wildman–Crippen LogP) is 1.07. The maximum atomic E-state index is 12.0. The molecule has 0 aromatic rings. The van der Waals surface area contributed by atoms with Crippen LogP contribution in [0.15, 0.2) is 11.1 Å². The van der Waals surface area contributed by atoms with Crippen molar-refractivity contribution in [3.8, 4) is 0 Å². The number of hydrogen-bond acceptors (Lipinski definition) is 7. The maximum absolute atomic E-state index is 12.0. The van der Waals surface area contributed by atoms with Crippen molar-refractivity contribution >= 4 is 18.0 Å². The molecule has 0 spiro atoms. The molecule has 1 heterocycles. The number of hydrogen-bond donors (Lipinski definition) is 5. The molecule has 0 fully saturated rings. The fraction of sp³-hybridized carbons (Fsp3) is 0.762. The third-order valence-electron chi connectivity index (χ3n) is 5.39. The molecular weight excluding hydrogens is 406 g/mol. The molecule has 0 saturated heterocycles. The zero-order valence-electron chi connectivity index (χ0n) is 18.5. The van der Waals surface area contributed by atoms with Crippen LogP contribution < -0.4 is 10.6 Å². The number of alkyl carbamates (subject to hydrolysis) is 1. The van der Waals surface area contributed by atoms with E-state index >= 15 is 0 Å². The van der Waals surface area contributed by atoms with Gasteiger partial charge in [0.25, 0.3) is 0 Å². The molecule has 0 aromatic heterocycles. The number of rotatable bonds is 9. The third-order valence-corrected chi connectivity index (χ3v) is 5.39. The molecule has 176 valence electrons. The van der Waals surface area contributed by atoms with Crippen molar-refractivity contribution in [2.45, 2.75) is 89.8 Å². The number of aliphatic carboxylic acids is 1. The lowest BCUT2D eigenvalue weighted by molar-refractivity contribution is -0.141. The van der Waals surface area contributed by atoms with E-state index in [1.54, 1.807) is 25.7 Å². The van der Waals surface area contributed by atoms with Gasteiger partial charge in [0.15, 0.2) is 0 Å². The Morgan fingerprint density at radius 1 is 1.10 bits per heavy atom. The molecule has 1 aliphatic heterocycles. The van der Waals surface area contributed by atoms with E-state index in [2.05, 4.69) is 10.6 Å². The number of nitrogens with one attached hydrogen (secondary N) is 2. The van der Waals surface area contributed by atoms with E-state index in [1.165, 1.54) is 0 Å². The number of amides is 2. The summed E-state index contributed by atoms with van der Waals surface area (Å²) in [5.41, 5.74) is 1.15. The lowest BCUT2D eigenvalue weighted by Crippen LogP contribution is -2.46. The molecular formula is C21H35N3O7. The van der Waals surface area contributed by atoms with Crippen LogP contribution in [0.2, 0.25) is 0 Å². The third kappa shape index (κ3) is 7.48. The topological polar surface area (TPSA) is 148 Å². The molecule has 31 heavy (non-hydrogen) atoms. The first-order chi connectivity index (χ1) is 14.5. The van der Waals surface area contributed by atoms with E-state index in [0.717, 1.165) is 36.8 Å². The van der Waals surface area contributed by atoms with Crippen LogP contribution in [0, 0.1) is 0 Å². The second-order valence-corrected chi connectivity index (χ2v) is 9.05. The van der Waals surface area contributed by atoms with Crippen LogP contribution in [0.3, 0.4) is 0 Å². The monoisotopic (exact) mass is 441 g/mol. The smallest absolute Gasteiger partial charge is 0.408 e. The number of nitrogens with zero attached hydrogens (tertiary/aromatic N) is 1. The van der Waals surface area contributed by atoms with Gasteiger partial charge in [0.1, 0.15) is 30.6 Å². The van der Waals surface area contributed by atoms with Gasteiger partial charge >= 0.3 is 12.1 Å². The molecule has 3 atom stereocenters. The van der Waals surface area contributed by atoms with E-state index in [9.17, 15) is 29.7 Å². The summed E-state index contributed by atoms with van der Waals surface area (Å²) in [5.74, 6) is -1.79. The molecule has 1 aliphatic carbocycles. The molecule has 0 radical (unpaired) electrons. The quantitative estimate of drug-likeness (QED) is 0.264. The number of carboxylic acid groups (broad SMARTS) is 1. The van der Waals surface area contributed by atoms with Crippen molar-refractivity contribution in [3.05, 3.63) is 11.1 Å². The van der Waals surface area contributed by atoms with Crippen molar-refractivity contribution in [2.24, 2.45) is 0 Å². The van der Waals surface area contributed by atoms with Crippen LogP contribution in [-0.4, -0.2) is 75.4 Å². The summed E-state index contributed by atoms with van der Waals surface area (Å²) in [6.45, 7) is 5.12. The van der Waals surface area contributed by atoms with Gasteiger partial charge in [-0.15, -0.1) is 0 Å². The number of carbonyl (C=O) groups is 3. The lowest BCUT2D eigenvalue weighted by Gasteiger charge is -2.26. The highest BCUT2D eigenvalue weighted by Crippen LogP contribution is 2.37. The molecule has 0 bridgehead atoms. The Balaban J connectivity index is 1.72. The minimum Gasteiger partial charge on any atom is -0.480 e. The number of aliphatic hydroxyl groups excluding tert-OH is 2. The highest BCUT2D eigenvalue weighted by molar-refractivity contribution is 5.86. The van der Waals surface area contributed by atoms with E-state index in [-0.39, 0.29) is 13.0 Å². The normalized spacial score (nSPS) is 22.6. The Hall–Kier alpha value is -2.17. The van der Waals surface area contributed by atoms with Gasteiger partial charge in [-0.05, 0) is 76.9 Å². The van der Waals surface area contributed by atoms with Crippen molar-refractivity contribution < 1.29 is 34.4 Å². The number of unbranched alkanes of at least 4 members (excludes halogenated alkanes) is 1. The van der Waals surface area contributed by atoms with E-state index < -0.39 is 42.1 Å². The molecule has 10 nitrogen and oxygen atoms in total. The minimum absolute atomic E-state index is 0.195. The summed E-state index contributed by atoms with van der Waals surface area (Å²) < 4.78 is 5.03. The SMILES string of the molecule is CC(C)(C)OC(=O)NCC(=O)NC(CCCCN1C(O)C2=C(CCCC2)C1O)C(=O)O. The number of aliphatic hydroxyl groups is 2. The first kappa shape index (κ1) is 25.1. The van der Waals surface area contributed by atoms with Crippen LogP contribution in [0.4, 0.5) is 4.79 Å². The summed E-state index contributed by atoms with van der Waals surface area (Å²) in [4.78, 5) is 36.7. The van der Waals surface area contributed by atoms with Gasteiger partial charge in [-0.25, -0.2) is 14.5 Å². The van der Waals surface area contributed by atoms with Gasteiger partial charge in [-0.3, -0.25) is 4.79 Å². The second kappa shape index (κ2) is 10.9. The van der Waals surface area contributed by atoms with Crippen molar-refractivity contribution in [1.29, 1.82) is 0 Å². The maximum Gasteiger partial charge on any atom is 0.408 e. The van der Waals surface area contributed by atoms with E-state index in [4.69, 9.17) is 4.74 Å². The molecule has 2 aliphatic rings. The second-order valence-electron chi connectivity index (χ2n) is 9.05. The van der Waals surface area contributed by atoms with Crippen LogP contribution >= 0.6 is 0 Å². The molecule has 0 saturated carbocycles. The summed E-state index contributed by atoms with van der Waals surface area (Å²) in [5, 5.41) is 35.0. The lowest BCUT2D eigenvalue weighted by atomic mass is 9.93. The minimum atomic E-state index is -1.16. The average molecular weight is 442 g/mol. The summed E-state index contributed by atoms with van der Waals surface area (Å²) in [7, 11) is 0. The first-order valence-electron chi connectivity index (χ1n) is 10.8. The van der Waals surface area contributed by atoms with Gasteiger partial charge in [0.2, 0.25) is 5.91 Å². The van der Waals surface area contributed by atoms with E-state index in [1.807, 2.05) is 0 Å². The van der Waals surface area contributed by atoms with Gasteiger partial charge in [-0.1, -0.05) is 0 Å². The Bertz CT molecular complexity index is 680. The standard InChI is InChI=1S/C21H35N3O7/c1-21(2,3)31-20(30)22-12-16(25)23-15(19(28)29)10-6-7-11-24-17(26)13-8-4-5-9-14(13)18(24)27/h15,17-18,26-27H,4-12H2,1-3H3,(H,22,30)(H,23,25)(H,28,29). The van der Waals surface area contributed by atoms with E-state index in [0.29, 0.717) is 19.4 Å². The summed E-state index contributed by atoms with van der Waals surface area (Å²) in [6.07, 6.45) is 2.55. The van der Waals surface area contributed by atoms with Crippen LogP contribution in [0.5, 0.6) is 0 Å². The van der Waals surface area contributed by atoms with Crippen LogP contribution in [0.1, 0.15) is 65.7 Å². The molecule has 10 heteroatoms. The largest absolute Gasteiger partial charge is 0.480 e. The zero-order chi connectivity index (χ0) is 23.2. The fourth-order valence-corrected chi connectivity index (χ4v) is 3.93. The Morgan fingerprint density at radius 3 is 2.19 bits per heavy atom. The summed E-state index contributed by atoms with van der Waals surface area (Å²) in [6, 6.07) is -1.09. The van der Waals surface area contributed by atoms with Crippen LogP contribution in [-0.2, 0) is 14.3 Å². The molecule has 2 rings (SSSR count). The van der Waals surface area contributed by atoms with Gasteiger partial charge in [0, 0.05) is 6.54 Å². The Kier molecular flexibility index (Phi) is 8.84. The molecule has 0 aromatic carbocycles. The summed E-state index contributed by atoms with van der Waals surface area (Å²) >= 11 is 0. The highest BCUT2D eigenvalue weighted by Gasteiger charge is 2.38. The highest BCUT2D eigenvalue weighted by atomic mass is 16.6. The number of carbonyl (C=O) groups excluding carboxylic acids is 2. The number of carboxylic acids is 1. The average Bonchev–Trinajstić information content (AvgIpc) is 2.92. The van der Waals surface area contributed by atoms with Gasteiger partial charge in [-0.2, -0.15) is 0 Å². The molecule has 5 N–H and O–H groups in total. The molecule has 2 amide bonds. The Labute approximate surface area is 182 Å². The number of ether oxygens (including phenoxy) is 1. The first-order valence-corrected chi connectivity index (χ1v) is 10.8. The van der Waals surface area contributed by atoms with Gasteiger partial charge in [0.05, 0.1) is 0 Å². The van der Waals surface area contributed by atoms with Crippen molar-refractivity contribution in [3.63, 3.8) is 0 Å². The molecule has 3 unspecified atom stereocenters. The van der Waals surface area contributed by atoms with Gasteiger partial charge < -0.3 is 30.7 Å². The fourth-order valence-electron chi connectivity index (χ4n) is 3.93.